The third kappa shape index (κ3) is 6.20. The molecule has 0 spiro atoms. The second-order valence-corrected chi connectivity index (χ2v) is 12.4. The van der Waals surface area contributed by atoms with E-state index in [1.807, 2.05) is 6.07 Å². The smallest absolute Gasteiger partial charge is 0.342 e. The molecule has 0 atom stereocenters. The molecule has 2 rings (SSSR count). The molecule has 2 aromatic rings. The van der Waals surface area contributed by atoms with Crippen molar-refractivity contribution < 1.29 is 23.9 Å². The highest BCUT2D eigenvalue weighted by molar-refractivity contribution is 6.49. The molecule has 31 heavy (non-hydrogen) atoms. The lowest BCUT2D eigenvalue weighted by molar-refractivity contribution is 0.0469. The van der Waals surface area contributed by atoms with Crippen molar-refractivity contribution in [2.24, 2.45) is 0 Å². The second-order valence-electron chi connectivity index (χ2n) is 10.1. The van der Waals surface area contributed by atoms with Crippen molar-refractivity contribution in [2.75, 3.05) is 0 Å². The molecule has 0 unspecified atom stereocenters. The Bertz CT molecular complexity index is 948. The van der Waals surface area contributed by atoms with E-state index in [4.69, 9.17) is 14.3 Å². The van der Waals surface area contributed by atoms with Crippen LogP contribution in [0.2, 0.25) is 13.1 Å². The monoisotopic (exact) mass is 442 g/mol. The molecule has 0 aliphatic rings. The number of ether oxygens (including phenoxy) is 1. The van der Waals surface area contributed by atoms with Crippen LogP contribution in [-0.4, -0.2) is 26.1 Å². The quantitative estimate of drug-likeness (QED) is 0.459. The molecule has 0 saturated heterocycles. The third-order valence-electron chi connectivity index (χ3n) is 4.86. The van der Waals surface area contributed by atoms with Gasteiger partial charge in [-0.1, -0.05) is 59.7 Å². The summed E-state index contributed by atoms with van der Waals surface area (Å²) in [6.07, 6.45) is 0. The van der Waals surface area contributed by atoms with Gasteiger partial charge in [-0.05, 0) is 53.3 Å². The fraction of sp³-hybridized carbons (Fsp3) is 0.440. The Kier molecular flexibility index (Phi) is 7.37. The standard InChI is InChI=1S/C25H34O5Si/c1-24(2,3)19-14-13-18(21(30-31(7)8)20(19)25(4,5)6)23(28)29-15-16-9-11-17(12-10-16)22(26)27/h9-14,31H,15H2,1-8H3,(H,26,27). The summed E-state index contributed by atoms with van der Waals surface area (Å²) in [5, 5.41) is 9.02. The zero-order chi connectivity index (χ0) is 23.6. The van der Waals surface area contributed by atoms with Gasteiger partial charge in [0.25, 0.3) is 0 Å². The first-order chi connectivity index (χ1) is 14.2. The van der Waals surface area contributed by atoms with Gasteiger partial charge in [-0.3, -0.25) is 0 Å². The van der Waals surface area contributed by atoms with E-state index in [0.29, 0.717) is 11.3 Å². The average Bonchev–Trinajstić information content (AvgIpc) is 2.63. The van der Waals surface area contributed by atoms with E-state index >= 15 is 0 Å². The first-order valence-corrected chi connectivity index (χ1v) is 13.3. The molecule has 0 amide bonds. The zero-order valence-corrected chi connectivity index (χ0v) is 21.0. The lowest BCUT2D eigenvalue weighted by atomic mass is 9.74. The Balaban J connectivity index is 2.44. The van der Waals surface area contributed by atoms with Gasteiger partial charge in [0.1, 0.15) is 17.9 Å². The van der Waals surface area contributed by atoms with Crippen LogP contribution in [-0.2, 0) is 22.2 Å². The van der Waals surface area contributed by atoms with Gasteiger partial charge >= 0.3 is 11.9 Å². The highest BCUT2D eigenvalue weighted by atomic mass is 28.3. The van der Waals surface area contributed by atoms with Gasteiger partial charge in [0.15, 0.2) is 0 Å². The molecule has 0 heterocycles. The van der Waals surface area contributed by atoms with Crippen LogP contribution < -0.4 is 4.43 Å². The van der Waals surface area contributed by atoms with E-state index in [1.54, 1.807) is 18.2 Å². The zero-order valence-electron chi connectivity index (χ0n) is 19.8. The highest BCUT2D eigenvalue weighted by Gasteiger charge is 2.32. The largest absolute Gasteiger partial charge is 0.546 e. The predicted octanol–water partition coefficient (Wildman–Crippen LogP) is 5.70. The van der Waals surface area contributed by atoms with Gasteiger partial charge < -0.3 is 14.3 Å². The number of hydrogen-bond acceptors (Lipinski definition) is 4. The number of rotatable bonds is 6. The first-order valence-electron chi connectivity index (χ1n) is 10.6. The highest BCUT2D eigenvalue weighted by Crippen LogP contribution is 2.42. The molecule has 6 heteroatoms. The topological polar surface area (TPSA) is 72.8 Å². The van der Waals surface area contributed by atoms with E-state index in [-0.39, 0.29) is 23.0 Å². The molecular formula is C25H34O5Si. The third-order valence-corrected chi connectivity index (χ3v) is 5.57. The van der Waals surface area contributed by atoms with Gasteiger partial charge in [-0.2, -0.15) is 0 Å². The van der Waals surface area contributed by atoms with Crippen LogP contribution in [0, 0.1) is 0 Å². The van der Waals surface area contributed by atoms with E-state index in [9.17, 15) is 9.59 Å². The number of carbonyl (C=O) groups is 2. The summed E-state index contributed by atoms with van der Waals surface area (Å²) in [5.74, 6) is -0.803. The molecule has 0 aromatic heterocycles. The number of carboxylic acids is 1. The lowest BCUT2D eigenvalue weighted by Crippen LogP contribution is -2.26. The summed E-state index contributed by atoms with van der Waals surface area (Å²) in [6, 6.07) is 10.1. The minimum absolute atomic E-state index is 0.0587. The maximum atomic E-state index is 13.1. The molecule has 1 N–H and O–H groups in total. The van der Waals surface area contributed by atoms with Crippen LogP contribution in [0.1, 0.15) is 78.9 Å². The van der Waals surface area contributed by atoms with Crippen LogP contribution in [0.4, 0.5) is 0 Å². The van der Waals surface area contributed by atoms with Gasteiger partial charge in [0, 0.05) is 5.56 Å². The van der Waals surface area contributed by atoms with Crippen molar-refractivity contribution >= 4 is 21.0 Å². The van der Waals surface area contributed by atoms with Crippen LogP contribution in [0.5, 0.6) is 5.75 Å². The second kappa shape index (κ2) is 9.26. The Morgan fingerprint density at radius 2 is 1.48 bits per heavy atom. The fourth-order valence-electron chi connectivity index (χ4n) is 3.44. The molecule has 168 valence electrons. The number of esters is 1. The summed E-state index contributed by atoms with van der Waals surface area (Å²) < 4.78 is 11.9. The van der Waals surface area contributed by atoms with Crippen LogP contribution >= 0.6 is 0 Å². The molecule has 2 aromatic carbocycles. The molecule has 0 radical (unpaired) electrons. The SMILES string of the molecule is C[SiH](C)Oc1c(C(=O)OCc2ccc(C(=O)O)cc2)ccc(C(C)(C)C)c1C(C)(C)C. The van der Waals surface area contributed by atoms with E-state index in [0.717, 1.165) is 16.7 Å². The molecule has 0 saturated carbocycles. The predicted molar refractivity (Wildman–Crippen MR) is 126 cm³/mol. The Morgan fingerprint density at radius 3 is 1.94 bits per heavy atom. The summed E-state index contributed by atoms with van der Waals surface area (Å²) in [7, 11) is -1.50. The Morgan fingerprint density at radius 1 is 0.903 bits per heavy atom. The molecule has 0 bridgehead atoms. The van der Waals surface area contributed by atoms with Gasteiger partial charge in [0.05, 0.1) is 5.56 Å². The maximum Gasteiger partial charge on any atom is 0.342 e. The summed E-state index contributed by atoms with van der Waals surface area (Å²) in [5.41, 5.74) is 3.23. The Hall–Kier alpha value is -2.60. The van der Waals surface area contributed by atoms with Gasteiger partial charge in [-0.15, -0.1) is 0 Å². The molecule has 5 nitrogen and oxygen atoms in total. The van der Waals surface area contributed by atoms with Crippen molar-refractivity contribution in [2.45, 2.75) is 72.1 Å². The molecular weight excluding hydrogens is 408 g/mol. The van der Waals surface area contributed by atoms with Crippen molar-refractivity contribution in [1.29, 1.82) is 0 Å². The van der Waals surface area contributed by atoms with Crippen molar-refractivity contribution in [3.63, 3.8) is 0 Å². The maximum absolute atomic E-state index is 13.1. The summed E-state index contributed by atoms with van der Waals surface area (Å²) in [4.78, 5) is 24.1. The summed E-state index contributed by atoms with van der Waals surface area (Å²) in [6.45, 7) is 17.1. The molecule has 0 aliphatic heterocycles. The average molecular weight is 443 g/mol. The van der Waals surface area contributed by atoms with Crippen molar-refractivity contribution in [1.82, 2.24) is 0 Å². The fourth-order valence-corrected chi connectivity index (χ4v) is 4.16. The van der Waals surface area contributed by atoms with E-state index < -0.39 is 21.0 Å². The van der Waals surface area contributed by atoms with E-state index in [2.05, 4.69) is 54.6 Å². The molecule has 0 aliphatic carbocycles. The normalized spacial score (nSPS) is 12.0. The molecule has 0 fully saturated rings. The van der Waals surface area contributed by atoms with Crippen LogP contribution in [0.15, 0.2) is 36.4 Å². The first kappa shape index (κ1) is 24.7. The van der Waals surface area contributed by atoms with E-state index in [1.165, 1.54) is 12.1 Å². The Labute approximate surface area is 187 Å². The van der Waals surface area contributed by atoms with Crippen molar-refractivity contribution in [3.8, 4) is 5.75 Å². The minimum Gasteiger partial charge on any atom is -0.546 e. The van der Waals surface area contributed by atoms with Gasteiger partial charge in [0.2, 0.25) is 9.04 Å². The number of benzene rings is 2. The number of carbonyl (C=O) groups excluding carboxylic acids is 1. The number of aromatic carboxylic acids is 1. The number of carboxylic acid groups (broad SMARTS) is 1. The van der Waals surface area contributed by atoms with Gasteiger partial charge in [-0.25, -0.2) is 9.59 Å². The summed E-state index contributed by atoms with van der Waals surface area (Å²) >= 11 is 0. The number of hydrogen-bond donors (Lipinski definition) is 1. The van der Waals surface area contributed by atoms with Crippen LogP contribution in [0.3, 0.4) is 0 Å². The van der Waals surface area contributed by atoms with Crippen LogP contribution in [0.25, 0.3) is 0 Å². The lowest BCUT2D eigenvalue weighted by Gasteiger charge is -2.33. The minimum atomic E-state index is -1.50. The van der Waals surface area contributed by atoms with Crippen molar-refractivity contribution in [3.05, 3.63) is 64.2 Å².